The molecule has 8 heteroatoms. The Bertz CT molecular complexity index is 822. The Morgan fingerprint density at radius 3 is 2.63 bits per heavy atom. The lowest BCUT2D eigenvalue weighted by molar-refractivity contribution is 0.0468. The first-order chi connectivity index (χ1) is 13.2. The predicted octanol–water partition coefficient (Wildman–Crippen LogP) is 1.30. The van der Waals surface area contributed by atoms with Crippen LogP contribution < -0.4 is 4.74 Å². The summed E-state index contributed by atoms with van der Waals surface area (Å²) in [7, 11) is 1.46. The van der Waals surface area contributed by atoms with Gasteiger partial charge in [-0.05, 0) is 17.3 Å². The zero-order valence-corrected chi connectivity index (χ0v) is 15.0. The minimum Gasteiger partial charge on any atom is -0.479 e. The van der Waals surface area contributed by atoms with Crippen LogP contribution >= 0.6 is 0 Å². The van der Waals surface area contributed by atoms with Crippen LogP contribution in [0.2, 0.25) is 0 Å². The van der Waals surface area contributed by atoms with E-state index in [1.165, 1.54) is 13.2 Å². The highest BCUT2D eigenvalue weighted by atomic mass is 16.5. The Morgan fingerprint density at radius 1 is 1.11 bits per heavy atom. The third kappa shape index (κ3) is 3.52. The molecule has 3 heterocycles. The Hall–Kier alpha value is -2.87. The van der Waals surface area contributed by atoms with Crippen molar-refractivity contribution < 1.29 is 23.6 Å². The van der Waals surface area contributed by atoms with E-state index < -0.39 is 0 Å². The van der Waals surface area contributed by atoms with Gasteiger partial charge in [-0.25, -0.2) is 0 Å². The first-order valence-corrected chi connectivity index (χ1v) is 8.91. The molecule has 2 aliphatic rings. The molecule has 0 aliphatic carbocycles. The first kappa shape index (κ1) is 17.5. The summed E-state index contributed by atoms with van der Waals surface area (Å²) in [4.78, 5) is 28.9. The van der Waals surface area contributed by atoms with Gasteiger partial charge in [-0.15, -0.1) is 0 Å². The molecule has 142 valence electrons. The number of rotatable bonds is 3. The quantitative estimate of drug-likeness (QED) is 0.808. The number of hydrogen-bond acceptors (Lipinski definition) is 6. The van der Waals surface area contributed by atoms with Gasteiger partial charge in [-0.3, -0.25) is 9.59 Å². The molecule has 0 unspecified atom stereocenters. The molecule has 2 amide bonds. The Morgan fingerprint density at radius 2 is 1.89 bits per heavy atom. The summed E-state index contributed by atoms with van der Waals surface area (Å²) in [6.45, 7) is 2.54. The number of likely N-dealkylation sites (tertiary alicyclic amines) is 1. The van der Waals surface area contributed by atoms with E-state index >= 15 is 0 Å². The molecule has 2 aromatic rings. The number of ether oxygens (including phenoxy) is 2. The minimum atomic E-state index is -0.247. The molecule has 2 aliphatic heterocycles. The smallest absolute Gasteiger partial charge is 0.292 e. The van der Waals surface area contributed by atoms with Crippen molar-refractivity contribution in [3.05, 3.63) is 47.7 Å². The molecular formula is C19H21N3O5. The molecule has 2 fully saturated rings. The molecule has 8 nitrogen and oxygen atoms in total. The normalized spacial score (nSPS) is 22.3. The molecule has 0 N–H and O–H groups in total. The summed E-state index contributed by atoms with van der Waals surface area (Å²) < 4.78 is 15.9. The summed E-state index contributed by atoms with van der Waals surface area (Å²) in [6.07, 6.45) is -0.0904. The third-order valence-corrected chi connectivity index (χ3v) is 5.03. The topological polar surface area (TPSA) is 85.1 Å². The molecule has 27 heavy (non-hydrogen) atoms. The lowest BCUT2D eigenvalue weighted by atomic mass is 10.1. The van der Waals surface area contributed by atoms with Crippen molar-refractivity contribution in [2.75, 3.05) is 39.9 Å². The Labute approximate surface area is 156 Å². The maximum absolute atomic E-state index is 12.8. The van der Waals surface area contributed by atoms with Gasteiger partial charge in [0.05, 0.1) is 25.9 Å². The largest absolute Gasteiger partial charge is 0.479 e. The standard InChI is InChI=1S/C19H21N3O5/c1-25-17-9-15(27-20-17)19(24)22-11-14-10-21(7-8-26-16(14)12-22)18(23)13-5-3-2-4-6-13/h2-6,9,14,16H,7-8,10-12H2,1H3/t14-,16+/m0/s1. The first-order valence-electron chi connectivity index (χ1n) is 8.91. The van der Waals surface area contributed by atoms with Gasteiger partial charge in [0.15, 0.2) is 0 Å². The number of aromatic nitrogens is 1. The zero-order chi connectivity index (χ0) is 18.8. The second-order valence-corrected chi connectivity index (χ2v) is 6.73. The molecule has 2 atom stereocenters. The summed E-state index contributed by atoms with van der Waals surface area (Å²) >= 11 is 0. The van der Waals surface area contributed by atoms with Crippen LogP contribution in [0.3, 0.4) is 0 Å². The molecule has 2 saturated heterocycles. The van der Waals surface area contributed by atoms with Crippen molar-refractivity contribution in [2.45, 2.75) is 6.10 Å². The van der Waals surface area contributed by atoms with Gasteiger partial charge in [0.1, 0.15) is 0 Å². The third-order valence-electron chi connectivity index (χ3n) is 5.03. The van der Waals surface area contributed by atoms with E-state index in [2.05, 4.69) is 5.16 Å². The van der Waals surface area contributed by atoms with E-state index in [1.54, 1.807) is 4.90 Å². The van der Waals surface area contributed by atoms with Gasteiger partial charge in [0.25, 0.3) is 17.7 Å². The Kier molecular flexibility index (Phi) is 4.81. The molecule has 0 saturated carbocycles. The molecule has 0 bridgehead atoms. The molecule has 4 rings (SSSR count). The molecule has 1 aromatic heterocycles. The average Bonchev–Trinajstić information content (AvgIpc) is 3.30. The molecule has 1 aromatic carbocycles. The van der Waals surface area contributed by atoms with Crippen LogP contribution in [0.5, 0.6) is 5.88 Å². The van der Waals surface area contributed by atoms with Crippen molar-refractivity contribution in [3.8, 4) is 5.88 Å². The van der Waals surface area contributed by atoms with Crippen LogP contribution in [0, 0.1) is 5.92 Å². The number of methoxy groups -OCH3 is 1. The highest BCUT2D eigenvalue weighted by molar-refractivity contribution is 5.94. The van der Waals surface area contributed by atoms with Gasteiger partial charge in [-0.2, -0.15) is 0 Å². The van der Waals surface area contributed by atoms with Crippen LogP contribution in [0.15, 0.2) is 40.9 Å². The van der Waals surface area contributed by atoms with Gasteiger partial charge in [-0.1, -0.05) is 18.2 Å². The van der Waals surface area contributed by atoms with E-state index in [0.29, 0.717) is 38.3 Å². The summed E-state index contributed by atoms with van der Waals surface area (Å²) in [6, 6.07) is 10.7. The lowest BCUT2D eigenvalue weighted by Gasteiger charge is -2.23. The second kappa shape index (κ2) is 7.40. The van der Waals surface area contributed by atoms with Crippen molar-refractivity contribution in [1.82, 2.24) is 15.0 Å². The molecular weight excluding hydrogens is 350 g/mol. The fourth-order valence-corrected chi connectivity index (χ4v) is 3.62. The van der Waals surface area contributed by atoms with E-state index in [-0.39, 0.29) is 35.5 Å². The van der Waals surface area contributed by atoms with Gasteiger partial charge >= 0.3 is 0 Å². The minimum absolute atomic E-state index is 0.00963. The van der Waals surface area contributed by atoms with Crippen LogP contribution in [-0.2, 0) is 4.74 Å². The van der Waals surface area contributed by atoms with E-state index in [4.69, 9.17) is 14.0 Å². The molecule has 0 spiro atoms. The maximum atomic E-state index is 12.8. The van der Waals surface area contributed by atoms with Crippen LogP contribution in [0.25, 0.3) is 0 Å². The zero-order valence-electron chi connectivity index (χ0n) is 15.0. The fraction of sp³-hybridized carbons (Fsp3) is 0.421. The van der Waals surface area contributed by atoms with Gasteiger partial charge in [0, 0.05) is 37.7 Å². The monoisotopic (exact) mass is 371 g/mol. The van der Waals surface area contributed by atoms with Crippen molar-refractivity contribution in [2.24, 2.45) is 5.92 Å². The number of nitrogens with zero attached hydrogens (tertiary/aromatic N) is 3. The number of benzene rings is 1. The van der Waals surface area contributed by atoms with Crippen molar-refractivity contribution >= 4 is 11.8 Å². The number of carbonyl (C=O) groups excluding carboxylic acids is 2. The second-order valence-electron chi connectivity index (χ2n) is 6.73. The van der Waals surface area contributed by atoms with E-state index in [0.717, 1.165) is 0 Å². The van der Waals surface area contributed by atoms with Crippen LogP contribution in [0.4, 0.5) is 0 Å². The van der Waals surface area contributed by atoms with E-state index in [9.17, 15) is 9.59 Å². The number of fused-ring (bicyclic) bond motifs is 1. The maximum Gasteiger partial charge on any atom is 0.292 e. The number of carbonyl (C=O) groups is 2. The Balaban J connectivity index is 1.44. The van der Waals surface area contributed by atoms with E-state index in [1.807, 2.05) is 35.2 Å². The highest BCUT2D eigenvalue weighted by Crippen LogP contribution is 2.26. The lowest BCUT2D eigenvalue weighted by Crippen LogP contribution is -2.38. The van der Waals surface area contributed by atoms with Gasteiger partial charge < -0.3 is 23.8 Å². The molecule has 0 radical (unpaired) electrons. The van der Waals surface area contributed by atoms with Crippen LogP contribution in [-0.4, -0.2) is 72.8 Å². The average molecular weight is 371 g/mol. The van der Waals surface area contributed by atoms with Crippen molar-refractivity contribution in [1.29, 1.82) is 0 Å². The summed E-state index contributed by atoms with van der Waals surface area (Å²) in [5.74, 6) is 0.213. The summed E-state index contributed by atoms with van der Waals surface area (Å²) in [5.41, 5.74) is 0.663. The SMILES string of the molecule is COc1cc(C(=O)N2C[C@@H]3CN(C(=O)c4ccccc4)CCO[C@@H]3C2)on1. The van der Waals surface area contributed by atoms with Crippen molar-refractivity contribution in [3.63, 3.8) is 0 Å². The summed E-state index contributed by atoms with van der Waals surface area (Å²) in [5, 5.41) is 3.67. The predicted molar refractivity (Wildman–Crippen MR) is 94.5 cm³/mol. The number of amides is 2. The number of hydrogen-bond donors (Lipinski definition) is 0. The van der Waals surface area contributed by atoms with Crippen LogP contribution in [0.1, 0.15) is 20.9 Å². The fourth-order valence-electron chi connectivity index (χ4n) is 3.62. The van der Waals surface area contributed by atoms with Gasteiger partial charge in [0.2, 0.25) is 5.76 Å². The highest BCUT2D eigenvalue weighted by Gasteiger charge is 2.40.